The lowest BCUT2D eigenvalue weighted by Gasteiger charge is -2.18. The normalized spacial score (nSPS) is 12.4. The zero-order valence-electron chi connectivity index (χ0n) is 41.1. The van der Waals surface area contributed by atoms with Crippen LogP contribution in [-0.4, -0.2) is 37.2 Å². The quantitative estimate of drug-likeness (QED) is 0.0262. The fourth-order valence-electron chi connectivity index (χ4n) is 7.50. The van der Waals surface area contributed by atoms with Crippen LogP contribution >= 0.6 is 0 Å². The first-order valence-corrected chi connectivity index (χ1v) is 26.6. The molecule has 0 amide bonds. The second-order valence-corrected chi connectivity index (χ2v) is 17.8. The van der Waals surface area contributed by atoms with Gasteiger partial charge in [-0.3, -0.25) is 14.4 Å². The largest absolute Gasteiger partial charge is 0.462 e. The van der Waals surface area contributed by atoms with Crippen LogP contribution < -0.4 is 0 Å². The highest BCUT2D eigenvalue weighted by molar-refractivity contribution is 5.71. The van der Waals surface area contributed by atoms with Gasteiger partial charge >= 0.3 is 17.9 Å². The van der Waals surface area contributed by atoms with E-state index in [4.69, 9.17) is 14.2 Å². The van der Waals surface area contributed by atoms with Crippen LogP contribution in [0, 0.1) is 0 Å². The summed E-state index contributed by atoms with van der Waals surface area (Å²) in [6, 6.07) is 0. The zero-order chi connectivity index (χ0) is 45.1. The van der Waals surface area contributed by atoms with Crippen LogP contribution in [0.4, 0.5) is 0 Å². The molecule has 1 unspecified atom stereocenters. The molecule has 360 valence electrons. The van der Waals surface area contributed by atoms with E-state index in [1.165, 1.54) is 128 Å². The summed E-state index contributed by atoms with van der Waals surface area (Å²) in [5, 5.41) is 0. The van der Waals surface area contributed by atoms with Crippen LogP contribution in [-0.2, 0) is 28.6 Å². The standard InChI is InChI=1S/C56H100O6/c1-4-7-10-13-16-19-22-25-28-31-34-37-40-43-46-49-55(58)61-52-53(51-60-54(57)48-45-42-39-36-33-30-27-24-21-18-15-12-9-6-3)62-56(59)50-47-44-41-38-35-32-29-26-23-20-17-14-11-8-5-2/h16-17,19-20,25-26,28-29,53H,4-15,18,21-24,27,30-52H2,1-3H3/b19-16-,20-17-,28-25-,29-26-. The van der Waals surface area contributed by atoms with Crippen molar-refractivity contribution in [3.63, 3.8) is 0 Å². The number of ether oxygens (including phenoxy) is 3. The van der Waals surface area contributed by atoms with Crippen LogP contribution in [0.2, 0.25) is 0 Å². The lowest BCUT2D eigenvalue weighted by molar-refractivity contribution is -0.167. The molecule has 6 heteroatoms. The Kier molecular flexibility index (Phi) is 48.8. The Morgan fingerprint density at radius 3 is 0.919 bits per heavy atom. The van der Waals surface area contributed by atoms with Gasteiger partial charge in [0, 0.05) is 19.3 Å². The molecule has 0 fully saturated rings. The van der Waals surface area contributed by atoms with Gasteiger partial charge in [0.25, 0.3) is 0 Å². The summed E-state index contributed by atoms with van der Waals surface area (Å²) < 4.78 is 16.8. The van der Waals surface area contributed by atoms with Crippen molar-refractivity contribution in [2.75, 3.05) is 13.2 Å². The molecule has 0 aromatic carbocycles. The number of esters is 3. The van der Waals surface area contributed by atoms with E-state index in [2.05, 4.69) is 69.4 Å². The number of allylic oxidation sites excluding steroid dienone is 8. The van der Waals surface area contributed by atoms with Crippen molar-refractivity contribution in [2.24, 2.45) is 0 Å². The van der Waals surface area contributed by atoms with Gasteiger partial charge in [-0.15, -0.1) is 0 Å². The number of carbonyl (C=O) groups is 3. The Balaban J connectivity index is 4.41. The van der Waals surface area contributed by atoms with Gasteiger partial charge in [0.05, 0.1) is 0 Å². The Hall–Kier alpha value is -2.63. The Morgan fingerprint density at radius 2 is 0.581 bits per heavy atom. The van der Waals surface area contributed by atoms with Crippen molar-refractivity contribution in [2.45, 2.75) is 277 Å². The zero-order valence-corrected chi connectivity index (χ0v) is 41.1. The van der Waals surface area contributed by atoms with Crippen molar-refractivity contribution in [3.8, 4) is 0 Å². The minimum Gasteiger partial charge on any atom is -0.462 e. The van der Waals surface area contributed by atoms with Crippen molar-refractivity contribution in [3.05, 3.63) is 48.6 Å². The predicted molar refractivity (Wildman–Crippen MR) is 265 cm³/mol. The molecule has 0 radical (unpaired) electrons. The summed E-state index contributed by atoms with van der Waals surface area (Å²) in [6.45, 7) is 6.58. The molecule has 0 saturated carbocycles. The van der Waals surface area contributed by atoms with Crippen molar-refractivity contribution in [1.82, 2.24) is 0 Å². The van der Waals surface area contributed by atoms with Gasteiger partial charge in [-0.25, -0.2) is 0 Å². The van der Waals surface area contributed by atoms with Crippen LogP contribution in [0.3, 0.4) is 0 Å². The van der Waals surface area contributed by atoms with E-state index in [-0.39, 0.29) is 31.1 Å². The van der Waals surface area contributed by atoms with Gasteiger partial charge in [-0.2, -0.15) is 0 Å². The monoisotopic (exact) mass is 869 g/mol. The molecule has 0 N–H and O–H groups in total. The molecule has 62 heavy (non-hydrogen) atoms. The Bertz CT molecular complexity index is 1090. The minimum atomic E-state index is -0.783. The number of rotatable bonds is 48. The summed E-state index contributed by atoms with van der Waals surface area (Å²) in [4.78, 5) is 38.0. The van der Waals surface area contributed by atoms with Crippen molar-refractivity contribution in [1.29, 1.82) is 0 Å². The van der Waals surface area contributed by atoms with Gasteiger partial charge in [-0.1, -0.05) is 217 Å². The van der Waals surface area contributed by atoms with E-state index < -0.39 is 6.10 Å². The van der Waals surface area contributed by atoms with Crippen molar-refractivity contribution >= 4 is 17.9 Å². The summed E-state index contributed by atoms with van der Waals surface area (Å²) in [5.41, 5.74) is 0. The Morgan fingerprint density at radius 1 is 0.323 bits per heavy atom. The fraction of sp³-hybridized carbons (Fsp3) is 0.804. The highest BCUT2D eigenvalue weighted by atomic mass is 16.6. The smallest absolute Gasteiger partial charge is 0.306 e. The van der Waals surface area contributed by atoms with Gasteiger partial charge in [-0.05, 0) is 83.5 Å². The molecule has 0 aliphatic heterocycles. The molecule has 1 atom stereocenters. The highest BCUT2D eigenvalue weighted by Gasteiger charge is 2.19. The van der Waals surface area contributed by atoms with Crippen LogP contribution in [0.25, 0.3) is 0 Å². The summed E-state index contributed by atoms with van der Waals surface area (Å²) in [6.07, 6.45) is 60.8. The number of hydrogen-bond donors (Lipinski definition) is 0. The maximum Gasteiger partial charge on any atom is 0.306 e. The lowest BCUT2D eigenvalue weighted by atomic mass is 10.0. The van der Waals surface area contributed by atoms with E-state index in [0.717, 1.165) is 103 Å². The van der Waals surface area contributed by atoms with Gasteiger partial charge in [0.15, 0.2) is 6.10 Å². The molecule has 0 aliphatic rings. The topological polar surface area (TPSA) is 78.9 Å². The summed E-state index contributed by atoms with van der Waals surface area (Å²) in [7, 11) is 0. The van der Waals surface area contributed by atoms with E-state index in [9.17, 15) is 14.4 Å². The molecule has 0 heterocycles. The molecular formula is C56H100O6. The third-order valence-corrected chi connectivity index (χ3v) is 11.6. The van der Waals surface area contributed by atoms with Gasteiger partial charge in [0.2, 0.25) is 0 Å². The predicted octanol–water partition coefficient (Wildman–Crippen LogP) is 17.5. The molecule has 0 aliphatic carbocycles. The first kappa shape index (κ1) is 59.4. The van der Waals surface area contributed by atoms with Crippen LogP contribution in [0.5, 0.6) is 0 Å². The van der Waals surface area contributed by atoms with Crippen LogP contribution in [0.1, 0.15) is 271 Å². The van der Waals surface area contributed by atoms with E-state index in [0.29, 0.717) is 19.3 Å². The summed E-state index contributed by atoms with van der Waals surface area (Å²) >= 11 is 0. The molecule has 0 spiro atoms. The van der Waals surface area contributed by atoms with E-state index in [1.807, 2.05) is 0 Å². The average molecular weight is 869 g/mol. The molecule has 0 saturated heterocycles. The minimum absolute atomic E-state index is 0.0810. The molecule has 6 nitrogen and oxygen atoms in total. The Labute approximate surface area is 384 Å². The molecule has 0 aromatic heterocycles. The van der Waals surface area contributed by atoms with Gasteiger partial charge < -0.3 is 14.2 Å². The average Bonchev–Trinajstić information content (AvgIpc) is 3.27. The lowest BCUT2D eigenvalue weighted by Crippen LogP contribution is -2.30. The fourth-order valence-corrected chi connectivity index (χ4v) is 7.50. The number of unbranched alkanes of at least 4 members (excludes halogenated alkanes) is 29. The second-order valence-electron chi connectivity index (χ2n) is 17.8. The van der Waals surface area contributed by atoms with E-state index >= 15 is 0 Å². The maximum atomic E-state index is 12.8. The molecular weight excluding hydrogens is 769 g/mol. The van der Waals surface area contributed by atoms with Crippen molar-refractivity contribution < 1.29 is 28.6 Å². The molecule has 0 bridgehead atoms. The van der Waals surface area contributed by atoms with Crippen LogP contribution in [0.15, 0.2) is 48.6 Å². The van der Waals surface area contributed by atoms with E-state index in [1.54, 1.807) is 0 Å². The maximum absolute atomic E-state index is 12.8. The third kappa shape index (κ3) is 48.4. The number of hydrogen-bond acceptors (Lipinski definition) is 6. The molecule has 0 aromatic rings. The summed E-state index contributed by atoms with van der Waals surface area (Å²) in [5.74, 6) is -0.900. The third-order valence-electron chi connectivity index (χ3n) is 11.6. The first-order valence-electron chi connectivity index (χ1n) is 26.6. The second kappa shape index (κ2) is 51.0. The van der Waals surface area contributed by atoms with Gasteiger partial charge in [0.1, 0.15) is 13.2 Å². The number of carbonyl (C=O) groups excluding carboxylic acids is 3. The highest BCUT2D eigenvalue weighted by Crippen LogP contribution is 2.15. The first-order chi connectivity index (χ1) is 30.5. The molecule has 0 rings (SSSR count). The SMILES string of the molecule is CCCCC/C=C\C/C=C\CCCCCCCC(=O)OCC(COC(=O)CCCCCCCCCCCCCCCC)OC(=O)CCCCCCC/C=C\C/C=C\CCCCC.